The van der Waals surface area contributed by atoms with E-state index in [1.54, 1.807) is 24.5 Å². The number of aryl methyl sites for hydroxylation is 2. The summed E-state index contributed by atoms with van der Waals surface area (Å²) in [5, 5.41) is 8.83. The zero-order valence-electron chi connectivity index (χ0n) is 8.59. The first-order valence-electron chi connectivity index (χ1n) is 4.95. The van der Waals surface area contributed by atoms with E-state index < -0.39 is 5.97 Å². The lowest BCUT2D eigenvalue weighted by molar-refractivity contribution is 0.0697. The molecule has 0 aliphatic carbocycles. The molecule has 1 N–H and O–H groups in total. The molecule has 1 aromatic heterocycles. The molecule has 0 saturated heterocycles. The molecule has 1 aromatic carbocycles. The lowest BCUT2D eigenvalue weighted by Crippen LogP contribution is -1.98. The summed E-state index contributed by atoms with van der Waals surface area (Å²) in [4.78, 5) is 14.8. The molecular formula is C12H11NO3. The van der Waals surface area contributed by atoms with Gasteiger partial charge in [-0.05, 0) is 30.5 Å². The van der Waals surface area contributed by atoms with Crippen LogP contribution in [-0.2, 0) is 12.8 Å². The van der Waals surface area contributed by atoms with Gasteiger partial charge in [0, 0.05) is 0 Å². The van der Waals surface area contributed by atoms with Gasteiger partial charge in [-0.2, -0.15) is 0 Å². The van der Waals surface area contributed by atoms with Gasteiger partial charge in [-0.3, -0.25) is 0 Å². The molecule has 0 spiro atoms. The maximum absolute atomic E-state index is 10.8. The van der Waals surface area contributed by atoms with Crippen LogP contribution in [0.15, 0.2) is 41.3 Å². The molecule has 4 nitrogen and oxygen atoms in total. The molecule has 0 bridgehead atoms. The number of benzene rings is 1. The van der Waals surface area contributed by atoms with Crippen molar-refractivity contribution in [2.45, 2.75) is 12.8 Å². The normalized spacial score (nSPS) is 10.2. The topological polar surface area (TPSA) is 63.3 Å². The molecule has 0 amide bonds. The van der Waals surface area contributed by atoms with Gasteiger partial charge >= 0.3 is 5.97 Å². The number of carbonyl (C=O) groups is 1. The lowest BCUT2D eigenvalue weighted by atomic mass is 10.1. The molecule has 0 saturated carbocycles. The highest BCUT2D eigenvalue weighted by molar-refractivity contribution is 5.87. The molecule has 0 atom stereocenters. The molecule has 2 aromatic rings. The smallest absolute Gasteiger partial charge is 0.335 e. The minimum absolute atomic E-state index is 0.317. The van der Waals surface area contributed by atoms with Crippen molar-refractivity contribution in [2.24, 2.45) is 0 Å². The van der Waals surface area contributed by atoms with E-state index in [0.29, 0.717) is 5.56 Å². The van der Waals surface area contributed by atoms with Crippen molar-refractivity contribution in [3.8, 4) is 0 Å². The van der Waals surface area contributed by atoms with Crippen molar-refractivity contribution in [3.63, 3.8) is 0 Å². The van der Waals surface area contributed by atoms with Crippen molar-refractivity contribution in [1.29, 1.82) is 0 Å². The summed E-state index contributed by atoms with van der Waals surface area (Å²) in [5.74, 6) is -0.900. The van der Waals surface area contributed by atoms with Crippen LogP contribution in [0.5, 0.6) is 0 Å². The minimum Gasteiger partial charge on any atom is -0.478 e. The summed E-state index contributed by atoms with van der Waals surface area (Å²) in [5.41, 5.74) is 2.18. The summed E-state index contributed by atoms with van der Waals surface area (Å²) < 4.78 is 4.86. The van der Waals surface area contributed by atoms with E-state index in [4.69, 9.17) is 9.52 Å². The highest BCUT2D eigenvalue weighted by Crippen LogP contribution is 2.08. The van der Waals surface area contributed by atoms with E-state index in [-0.39, 0.29) is 0 Å². The third kappa shape index (κ3) is 2.48. The van der Waals surface area contributed by atoms with Crippen LogP contribution >= 0.6 is 0 Å². The molecule has 0 radical (unpaired) electrons. The molecular weight excluding hydrogens is 206 g/mol. The Balaban J connectivity index is 2.04. The zero-order valence-corrected chi connectivity index (χ0v) is 8.59. The van der Waals surface area contributed by atoms with Crippen molar-refractivity contribution in [2.75, 3.05) is 0 Å². The van der Waals surface area contributed by atoms with E-state index in [1.807, 2.05) is 6.07 Å². The van der Waals surface area contributed by atoms with Crippen LogP contribution in [0.4, 0.5) is 0 Å². The Labute approximate surface area is 92.6 Å². The Kier molecular flexibility index (Phi) is 3.00. The SMILES string of the molecule is O=C(O)c1cccc(CCc2cocn2)c1. The number of hydrogen-bond donors (Lipinski definition) is 1. The number of aromatic carboxylic acids is 1. The van der Waals surface area contributed by atoms with Crippen LogP contribution in [0, 0.1) is 0 Å². The first kappa shape index (κ1) is 10.4. The van der Waals surface area contributed by atoms with E-state index in [1.165, 1.54) is 6.39 Å². The quantitative estimate of drug-likeness (QED) is 0.852. The zero-order chi connectivity index (χ0) is 11.4. The van der Waals surface area contributed by atoms with Crippen LogP contribution in [-0.4, -0.2) is 16.1 Å². The maximum atomic E-state index is 10.8. The fourth-order valence-electron chi connectivity index (χ4n) is 1.49. The van der Waals surface area contributed by atoms with Crippen molar-refractivity contribution >= 4 is 5.97 Å². The summed E-state index contributed by atoms with van der Waals surface area (Å²) in [6.45, 7) is 0. The molecule has 82 valence electrons. The number of carboxylic acids is 1. The largest absolute Gasteiger partial charge is 0.478 e. The van der Waals surface area contributed by atoms with Gasteiger partial charge in [0.2, 0.25) is 0 Å². The van der Waals surface area contributed by atoms with E-state index in [2.05, 4.69) is 4.98 Å². The Morgan fingerprint density at radius 1 is 1.38 bits per heavy atom. The minimum atomic E-state index is -0.900. The summed E-state index contributed by atoms with van der Waals surface area (Å²) in [7, 11) is 0. The van der Waals surface area contributed by atoms with Gasteiger partial charge in [0.1, 0.15) is 6.26 Å². The van der Waals surface area contributed by atoms with Crippen LogP contribution < -0.4 is 0 Å². The third-order valence-electron chi connectivity index (χ3n) is 2.33. The molecule has 0 unspecified atom stereocenters. The van der Waals surface area contributed by atoms with Crippen LogP contribution in [0.1, 0.15) is 21.6 Å². The predicted molar refractivity (Wildman–Crippen MR) is 57.3 cm³/mol. The number of nitrogens with zero attached hydrogens (tertiary/aromatic N) is 1. The first-order chi connectivity index (χ1) is 7.75. The van der Waals surface area contributed by atoms with Crippen LogP contribution in [0.3, 0.4) is 0 Å². The Morgan fingerprint density at radius 3 is 2.94 bits per heavy atom. The van der Waals surface area contributed by atoms with Gasteiger partial charge in [-0.25, -0.2) is 9.78 Å². The van der Waals surface area contributed by atoms with E-state index in [0.717, 1.165) is 24.1 Å². The van der Waals surface area contributed by atoms with Crippen molar-refractivity contribution in [3.05, 3.63) is 53.7 Å². The number of hydrogen-bond acceptors (Lipinski definition) is 3. The molecule has 0 fully saturated rings. The second-order valence-electron chi connectivity index (χ2n) is 3.49. The number of carboxylic acid groups (broad SMARTS) is 1. The van der Waals surface area contributed by atoms with Gasteiger partial charge in [0.25, 0.3) is 0 Å². The molecule has 1 heterocycles. The molecule has 2 rings (SSSR count). The van der Waals surface area contributed by atoms with Gasteiger partial charge < -0.3 is 9.52 Å². The van der Waals surface area contributed by atoms with Gasteiger partial charge in [-0.1, -0.05) is 12.1 Å². The number of rotatable bonds is 4. The highest BCUT2D eigenvalue weighted by Gasteiger charge is 2.04. The maximum Gasteiger partial charge on any atom is 0.335 e. The standard InChI is InChI=1S/C12H11NO3/c14-12(15)10-3-1-2-9(6-10)4-5-11-7-16-8-13-11/h1-3,6-8H,4-5H2,(H,14,15). The summed E-state index contributed by atoms with van der Waals surface area (Å²) >= 11 is 0. The van der Waals surface area contributed by atoms with Gasteiger partial charge in [-0.15, -0.1) is 0 Å². The summed E-state index contributed by atoms with van der Waals surface area (Å²) in [6.07, 6.45) is 4.50. The molecule has 4 heteroatoms. The Bertz CT molecular complexity index is 477. The Hall–Kier alpha value is -2.10. The average Bonchev–Trinajstić information content (AvgIpc) is 2.79. The fourth-order valence-corrected chi connectivity index (χ4v) is 1.49. The van der Waals surface area contributed by atoms with Crippen LogP contribution in [0.25, 0.3) is 0 Å². The van der Waals surface area contributed by atoms with Crippen molar-refractivity contribution < 1.29 is 14.3 Å². The number of aromatic nitrogens is 1. The van der Waals surface area contributed by atoms with Crippen LogP contribution in [0.2, 0.25) is 0 Å². The highest BCUT2D eigenvalue weighted by atomic mass is 16.4. The molecule has 0 aliphatic heterocycles. The summed E-state index contributed by atoms with van der Waals surface area (Å²) in [6, 6.07) is 6.93. The Morgan fingerprint density at radius 2 is 2.25 bits per heavy atom. The lowest BCUT2D eigenvalue weighted by Gasteiger charge is -2.00. The number of oxazole rings is 1. The average molecular weight is 217 g/mol. The first-order valence-corrected chi connectivity index (χ1v) is 4.95. The van der Waals surface area contributed by atoms with Gasteiger partial charge in [0.05, 0.1) is 11.3 Å². The third-order valence-corrected chi connectivity index (χ3v) is 2.33. The van der Waals surface area contributed by atoms with Crippen molar-refractivity contribution in [1.82, 2.24) is 4.98 Å². The van der Waals surface area contributed by atoms with E-state index >= 15 is 0 Å². The molecule has 16 heavy (non-hydrogen) atoms. The van der Waals surface area contributed by atoms with E-state index in [9.17, 15) is 4.79 Å². The predicted octanol–water partition coefficient (Wildman–Crippen LogP) is 2.16. The fraction of sp³-hybridized carbons (Fsp3) is 0.167. The second-order valence-corrected chi connectivity index (χ2v) is 3.49. The molecule has 0 aliphatic rings. The van der Waals surface area contributed by atoms with Gasteiger partial charge in [0.15, 0.2) is 6.39 Å². The monoisotopic (exact) mass is 217 g/mol. The second kappa shape index (κ2) is 4.61.